The van der Waals surface area contributed by atoms with Crippen molar-refractivity contribution in [3.63, 3.8) is 0 Å². The number of likely N-dealkylation sites (N-methyl/N-ethyl adjacent to an activating group) is 1. The van der Waals surface area contributed by atoms with Gasteiger partial charge in [0.2, 0.25) is 0 Å². The molecule has 0 radical (unpaired) electrons. The Morgan fingerprint density at radius 2 is 2.18 bits per heavy atom. The van der Waals surface area contributed by atoms with Crippen molar-refractivity contribution >= 4 is 43.9 Å². The van der Waals surface area contributed by atoms with Gasteiger partial charge in [-0.05, 0) is 17.5 Å². The van der Waals surface area contributed by atoms with E-state index in [0.717, 1.165) is 9.40 Å². The highest BCUT2D eigenvalue weighted by atomic mass is 32.1. The Morgan fingerprint density at radius 3 is 2.82 bits per heavy atom. The fraction of sp³-hybridized carbons (Fsp3) is 0.273. The monoisotopic (exact) mass is 269 g/mol. The molecule has 0 aliphatic carbocycles. The zero-order chi connectivity index (χ0) is 12.4. The van der Waals surface area contributed by atoms with Gasteiger partial charge in [-0.3, -0.25) is 9.59 Å². The van der Waals surface area contributed by atoms with Crippen LogP contribution in [0.2, 0.25) is 0 Å². The fourth-order valence-electron chi connectivity index (χ4n) is 1.39. The third kappa shape index (κ3) is 2.48. The number of methoxy groups -OCH3 is 1. The van der Waals surface area contributed by atoms with Crippen LogP contribution in [0.15, 0.2) is 17.5 Å². The van der Waals surface area contributed by atoms with Crippen molar-refractivity contribution in [2.75, 3.05) is 20.7 Å². The van der Waals surface area contributed by atoms with E-state index >= 15 is 0 Å². The molecule has 1 amide bonds. The second-order valence-corrected chi connectivity index (χ2v) is 5.53. The van der Waals surface area contributed by atoms with Crippen LogP contribution in [-0.4, -0.2) is 37.5 Å². The Hall–Kier alpha value is -1.40. The van der Waals surface area contributed by atoms with Gasteiger partial charge in [0.1, 0.15) is 6.54 Å². The summed E-state index contributed by atoms with van der Waals surface area (Å²) in [5.74, 6) is -0.567. The molecular weight excluding hydrogens is 258 g/mol. The van der Waals surface area contributed by atoms with Crippen LogP contribution in [0.1, 0.15) is 9.67 Å². The lowest BCUT2D eigenvalue weighted by atomic mass is 10.4. The zero-order valence-electron chi connectivity index (χ0n) is 9.43. The van der Waals surface area contributed by atoms with Gasteiger partial charge in [0.25, 0.3) is 5.91 Å². The largest absolute Gasteiger partial charge is 0.468 e. The minimum absolute atomic E-state index is 0.0269. The minimum atomic E-state index is -0.417. The first-order valence-electron chi connectivity index (χ1n) is 4.91. The van der Waals surface area contributed by atoms with Crippen LogP contribution in [0.3, 0.4) is 0 Å². The van der Waals surface area contributed by atoms with Crippen LogP contribution in [0.25, 0.3) is 9.40 Å². The van der Waals surface area contributed by atoms with E-state index in [4.69, 9.17) is 0 Å². The highest BCUT2D eigenvalue weighted by Crippen LogP contribution is 2.30. The molecule has 2 aromatic heterocycles. The number of hydrogen-bond acceptors (Lipinski definition) is 5. The summed E-state index contributed by atoms with van der Waals surface area (Å²) in [5.41, 5.74) is 0. The lowest BCUT2D eigenvalue weighted by Gasteiger charge is -2.13. The maximum absolute atomic E-state index is 12.0. The molecule has 0 atom stereocenters. The molecule has 90 valence electrons. The van der Waals surface area contributed by atoms with E-state index in [1.165, 1.54) is 23.3 Å². The van der Waals surface area contributed by atoms with Crippen LogP contribution < -0.4 is 0 Å². The van der Waals surface area contributed by atoms with Crippen molar-refractivity contribution in [2.45, 2.75) is 0 Å². The van der Waals surface area contributed by atoms with Gasteiger partial charge in [-0.1, -0.05) is 0 Å². The molecule has 17 heavy (non-hydrogen) atoms. The van der Waals surface area contributed by atoms with Crippen LogP contribution in [0.4, 0.5) is 0 Å². The molecule has 2 aromatic rings. The summed E-state index contributed by atoms with van der Waals surface area (Å²) in [6, 6.07) is 3.85. The lowest BCUT2D eigenvalue weighted by molar-refractivity contribution is -0.141. The number of rotatable bonds is 3. The first-order chi connectivity index (χ1) is 8.11. The lowest BCUT2D eigenvalue weighted by Crippen LogP contribution is -2.32. The molecule has 0 fully saturated rings. The summed E-state index contributed by atoms with van der Waals surface area (Å²) in [5, 5.41) is 1.99. The molecule has 0 spiro atoms. The molecular formula is C11H11NO3S2. The van der Waals surface area contributed by atoms with Crippen molar-refractivity contribution in [1.82, 2.24) is 4.90 Å². The average Bonchev–Trinajstić information content (AvgIpc) is 2.87. The van der Waals surface area contributed by atoms with Crippen molar-refractivity contribution in [1.29, 1.82) is 0 Å². The van der Waals surface area contributed by atoms with Crippen molar-refractivity contribution in [3.05, 3.63) is 22.4 Å². The smallest absolute Gasteiger partial charge is 0.325 e. The zero-order valence-corrected chi connectivity index (χ0v) is 11.1. The molecule has 0 aliphatic rings. The first-order valence-corrected chi connectivity index (χ1v) is 6.60. The van der Waals surface area contributed by atoms with E-state index in [1.54, 1.807) is 18.4 Å². The molecule has 0 aromatic carbocycles. The van der Waals surface area contributed by atoms with E-state index in [1.807, 2.05) is 17.5 Å². The predicted molar refractivity (Wildman–Crippen MR) is 68.7 cm³/mol. The maximum atomic E-state index is 12.0. The van der Waals surface area contributed by atoms with Crippen LogP contribution in [0.5, 0.6) is 0 Å². The third-order valence-corrected chi connectivity index (χ3v) is 4.37. The Kier molecular flexibility index (Phi) is 3.44. The molecule has 2 heterocycles. The quantitative estimate of drug-likeness (QED) is 0.803. The van der Waals surface area contributed by atoms with Gasteiger partial charge in [-0.25, -0.2) is 0 Å². The summed E-state index contributed by atoms with van der Waals surface area (Å²) in [6.45, 7) is -0.0269. The highest BCUT2D eigenvalue weighted by Gasteiger charge is 2.17. The third-order valence-electron chi connectivity index (χ3n) is 2.29. The molecule has 0 N–H and O–H groups in total. The molecule has 4 nitrogen and oxygen atoms in total. The number of fused-ring (bicyclic) bond motifs is 1. The summed E-state index contributed by atoms with van der Waals surface area (Å²) in [7, 11) is 2.90. The maximum Gasteiger partial charge on any atom is 0.325 e. The van der Waals surface area contributed by atoms with Gasteiger partial charge >= 0.3 is 5.97 Å². The Balaban J connectivity index is 2.14. The van der Waals surface area contributed by atoms with Gasteiger partial charge in [0.15, 0.2) is 0 Å². The van der Waals surface area contributed by atoms with E-state index in [-0.39, 0.29) is 12.5 Å². The average molecular weight is 269 g/mol. The van der Waals surface area contributed by atoms with Crippen molar-refractivity contribution in [3.8, 4) is 0 Å². The number of carbonyl (C=O) groups excluding carboxylic acids is 2. The summed E-state index contributed by atoms with van der Waals surface area (Å²) in [4.78, 5) is 25.1. The summed E-state index contributed by atoms with van der Waals surface area (Å²) < 4.78 is 6.73. The number of hydrogen-bond donors (Lipinski definition) is 0. The van der Waals surface area contributed by atoms with Crippen LogP contribution >= 0.6 is 22.7 Å². The molecule has 0 unspecified atom stereocenters. The number of thiophene rings is 2. The van der Waals surface area contributed by atoms with Crippen LogP contribution in [-0.2, 0) is 9.53 Å². The van der Waals surface area contributed by atoms with Gasteiger partial charge < -0.3 is 9.64 Å². The Bertz CT molecular complexity index is 529. The van der Waals surface area contributed by atoms with Gasteiger partial charge in [-0.15, -0.1) is 22.7 Å². The minimum Gasteiger partial charge on any atom is -0.468 e. The van der Waals surface area contributed by atoms with Crippen molar-refractivity contribution in [2.24, 2.45) is 0 Å². The second-order valence-electron chi connectivity index (χ2n) is 3.50. The van der Waals surface area contributed by atoms with Crippen LogP contribution in [0, 0.1) is 0 Å². The Morgan fingerprint density at radius 1 is 1.41 bits per heavy atom. The molecule has 0 bridgehead atoms. The highest BCUT2D eigenvalue weighted by molar-refractivity contribution is 7.27. The number of ether oxygens (including phenoxy) is 1. The number of nitrogens with zero attached hydrogens (tertiary/aromatic N) is 1. The molecule has 0 saturated carbocycles. The number of amides is 1. The SMILES string of the molecule is COC(=O)CN(C)C(=O)c1cc2sccc2s1. The van der Waals surface area contributed by atoms with Gasteiger partial charge in [0.05, 0.1) is 12.0 Å². The fourth-order valence-corrected chi connectivity index (χ4v) is 3.49. The Labute approximate surface area is 106 Å². The predicted octanol–water partition coefficient (Wildman–Crippen LogP) is 2.21. The standard InChI is InChI=1S/C11H11NO3S2/c1-12(6-10(13)15-2)11(14)9-5-8-7(17-9)3-4-16-8/h3-5H,6H2,1-2H3. The van der Waals surface area contributed by atoms with E-state index in [0.29, 0.717) is 4.88 Å². The normalized spacial score (nSPS) is 10.5. The van der Waals surface area contributed by atoms with Crippen molar-refractivity contribution < 1.29 is 14.3 Å². The molecule has 0 saturated heterocycles. The number of carbonyl (C=O) groups is 2. The molecule has 0 aliphatic heterocycles. The number of esters is 1. The van der Waals surface area contributed by atoms with E-state index < -0.39 is 5.97 Å². The summed E-state index contributed by atoms with van der Waals surface area (Å²) >= 11 is 3.05. The van der Waals surface area contributed by atoms with Gasteiger partial charge in [-0.2, -0.15) is 0 Å². The summed E-state index contributed by atoms with van der Waals surface area (Å²) in [6.07, 6.45) is 0. The van der Waals surface area contributed by atoms with E-state index in [2.05, 4.69) is 4.74 Å². The molecule has 6 heteroatoms. The second kappa shape index (κ2) is 4.85. The van der Waals surface area contributed by atoms with Gasteiger partial charge in [0, 0.05) is 16.4 Å². The first kappa shape index (κ1) is 12.1. The topological polar surface area (TPSA) is 46.6 Å². The van der Waals surface area contributed by atoms with E-state index in [9.17, 15) is 9.59 Å². The molecule has 2 rings (SSSR count).